The second-order valence-corrected chi connectivity index (χ2v) is 10.0. The molecule has 5 unspecified atom stereocenters. The highest BCUT2D eigenvalue weighted by molar-refractivity contribution is 5.95. The number of carbonyl (C=O) groups is 2. The van der Waals surface area contributed by atoms with E-state index in [4.69, 9.17) is 14.2 Å². The molecule has 4 rings (SSSR count). The first-order chi connectivity index (χ1) is 17.8. The van der Waals surface area contributed by atoms with Crippen molar-refractivity contribution in [2.75, 3.05) is 25.0 Å². The van der Waals surface area contributed by atoms with Gasteiger partial charge in [0, 0.05) is 30.6 Å². The molecule has 200 valence electrons. The number of likely N-dealkylation sites (tertiary alicyclic amines) is 1. The standard InChI is InChI=1S/C29H38N2O6/c1-19-26(17-31-14-5-4-6-15-31)36-29(37-27(19)23-12-10-22(18-32)11-13-23)24-8-7-9-25(16-24)30-28(34)20(2)35-21(3)33/h7-13,16,19-20,26-27,29,32H,4-6,14-15,17-18H2,1-3H3,(H,30,34). The second kappa shape index (κ2) is 12.6. The maximum atomic E-state index is 12.5. The van der Waals surface area contributed by atoms with Crippen molar-refractivity contribution in [1.82, 2.24) is 4.90 Å². The van der Waals surface area contributed by atoms with Crippen molar-refractivity contribution in [2.24, 2.45) is 5.92 Å². The van der Waals surface area contributed by atoms with E-state index >= 15 is 0 Å². The van der Waals surface area contributed by atoms with Crippen molar-refractivity contribution in [3.8, 4) is 0 Å². The number of anilines is 1. The van der Waals surface area contributed by atoms with Gasteiger partial charge >= 0.3 is 5.97 Å². The number of amides is 1. The number of rotatable bonds is 8. The van der Waals surface area contributed by atoms with E-state index < -0.39 is 24.3 Å². The van der Waals surface area contributed by atoms with Crippen LogP contribution >= 0.6 is 0 Å². The summed E-state index contributed by atoms with van der Waals surface area (Å²) in [5.74, 6) is -0.797. The van der Waals surface area contributed by atoms with Crippen molar-refractivity contribution in [2.45, 2.75) is 71.2 Å². The fourth-order valence-electron chi connectivity index (χ4n) is 5.03. The Bertz CT molecular complexity index is 1050. The fourth-order valence-corrected chi connectivity index (χ4v) is 5.03. The highest BCUT2D eigenvalue weighted by atomic mass is 16.7. The minimum absolute atomic E-state index is 0.000730. The molecule has 37 heavy (non-hydrogen) atoms. The van der Waals surface area contributed by atoms with Gasteiger partial charge in [-0.2, -0.15) is 0 Å². The maximum absolute atomic E-state index is 12.5. The van der Waals surface area contributed by atoms with E-state index in [0.29, 0.717) is 5.69 Å². The zero-order valence-corrected chi connectivity index (χ0v) is 21.9. The van der Waals surface area contributed by atoms with Gasteiger partial charge in [-0.05, 0) is 56.1 Å². The molecule has 2 aromatic carbocycles. The number of piperidine rings is 1. The van der Waals surface area contributed by atoms with E-state index in [2.05, 4.69) is 17.1 Å². The van der Waals surface area contributed by atoms with Crippen LogP contribution in [0.1, 0.15) is 69.1 Å². The molecule has 0 spiro atoms. The quantitative estimate of drug-likeness (QED) is 0.510. The molecule has 0 aromatic heterocycles. The van der Waals surface area contributed by atoms with Gasteiger partial charge in [-0.25, -0.2) is 0 Å². The number of aliphatic hydroxyl groups is 1. The number of carbonyl (C=O) groups excluding carboxylic acids is 2. The molecule has 2 fully saturated rings. The molecule has 2 saturated heterocycles. The number of aliphatic hydroxyl groups excluding tert-OH is 1. The number of benzene rings is 2. The Hall–Kier alpha value is -2.78. The number of hydrogen-bond acceptors (Lipinski definition) is 7. The van der Waals surface area contributed by atoms with Crippen LogP contribution in [0, 0.1) is 5.92 Å². The average molecular weight is 511 g/mol. The minimum atomic E-state index is -0.899. The van der Waals surface area contributed by atoms with E-state index in [0.717, 1.165) is 36.3 Å². The molecule has 0 aliphatic carbocycles. The van der Waals surface area contributed by atoms with Crippen LogP contribution < -0.4 is 5.32 Å². The van der Waals surface area contributed by atoms with Gasteiger partial charge in [-0.15, -0.1) is 0 Å². The van der Waals surface area contributed by atoms with Gasteiger partial charge in [-0.1, -0.05) is 49.7 Å². The molecule has 0 radical (unpaired) electrons. The molecule has 2 aliphatic heterocycles. The van der Waals surface area contributed by atoms with Gasteiger partial charge in [0.2, 0.25) is 0 Å². The average Bonchev–Trinajstić information content (AvgIpc) is 2.90. The Morgan fingerprint density at radius 3 is 2.49 bits per heavy atom. The van der Waals surface area contributed by atoms with Crippen molar-refractivity contribution < 1.29 is 28.9 Å². The van der Waals surface area contributed by atoms with Crippen LogP contribution in [0.2, 0.25) is 0 Å². The van der Waals surface area contributed by atoms with Gasteiger partial charge in [-0.3, -0.25) is 9.59 Å². The summed E-state index contributed by atoms with van der Waals surface area (Å²) in [6.45, 7) is 7.97. The van der Waals surface area contributed by atoms with Gasteiger partial charge in [0.1, 0.15) is 0 Å². The van der Waals surface area contributed by atoms with E-state index in [9.17, 15) is 14.7 Å². The summed E-state index contributed by atoms with van der Waals surface area (Å²) < 4.78 is 18.1. The van der Waals surface area contributed by atoms with Crippen LogP contribution in [0.5, 0.6) is 0 Å². The predicted octanol–water partition coefficient (Wildman–Crippen LogP) is 4.35. The van der Waals surface area contributed by atoms with Crippen LogP contribution in [-0.2, 0) is 30.4 Å². The third-order valence-corrected chi connectivity index (χ3v) is 7.15. The summed E-state index contributed by atoms with van der Waals surface area (Å²) >= 11 is 0. The predicted molar refractivity (Wildman–Crippen MR) is 140 cm³/mol. The molecule has 1 amide bonds. The number of ether oxygens (including phenoxy) is 3. The number of hydrogen-bond donors (Lipinski definition) is 2. The highest BCUT2D eigenvalue weighted by Gasteiger charge is 2.39. The van der Waals surface area contributed by atoms with Gasteiger partial charge in [0.05, 0.1) is 18.8 Å². The van der Waals surface area contributed by atoms with Crippen LogP contribution in [0.4, 0.5) is 5.69 Å². The molecule has 2 aromatic rings. The SMILES string of the molecule is CC(=O)OC(C)C(=O)Nc1cccc(C2OC(CN3CCCCC3)C(C)C(c3ccc(CO)cc3)O2)c1. The topological polar surface area (TPSA) is 97.3 Å². The minimum Gasteiger partial charge on any atom is -0.453 e. The first-order valence-electron chi connectivity index (χ1n) is 13.1. The highest BCUT2D eigenvalue weighted by Crippen LogP contribution is 2.42. The Balaban J connectivity index is 1.55. The van der Waals surface area contributed by atoms with E-state index in [1.165, 1.54) is 33.1 Å². The van der Waals surface area contributed by atoms with Crippen LogP contribution in [0.25, 0.3) is 0 Å². The largest absolute Gasteiger partial charge is 0.453 e. The first kappa shape index (κ1) is 27.3. The smallest absolute Gasteiger partial charge is 0.303 e. The molecule has 2 N–H and O–H groups in total. The molecule has 2 aliphatic rings. The van der Waals surface area contributed by atoms with Gasteiger partial charge in [0.15, 0.2) is 12.4 Å². The monoisotopic (exact) mass is 510 g/mol. The van der Waals surface area contributed by atoms with Crippen molar-refractivity contribution in [1.29, 1.82) is 0 Å². The number of nitrogens with zero attached hydrogens (tertiary/aromatic N) is 1. The van der Waals surface area contributed by atoms with Crippen molar-refractivity contribution in [3.05, 3.63) is 65.2 Å². The molecule has 2 heterocycles. The zero-order chi connectivity index (χ0) is 26.4. The number of esters is 1. The van der Waals surface area contributed by atoms with Gasteiger partial charge in [0.25, 0.3) is 5.91 Å². The number of nitrogens with one attached hydrogen (secondary N) is 1. The Kier molecular flexibility index (Phi) is 9.32. The Morgan fingerprint density at radius 2 is 1.81 bits per heavy atom. The summed E-state index contributed by atoms with van der Waals surface area (Å²) in [5, 5.41) is 12.3. The fraction of sp³-hybridized carbons (Fsp3) is 0.517. The summed E-state index contributed by atoms with van der Waals surface area (Å²) in [7, 11) is 0. The summed E-state index contributed by atoms with van der Waals surface area (Å²) in [6.07, 6.45) is 1.95. The molecule has 0 saturated carbocycles. The first-order valence-corrected chi connectivity index (χ1v) is 13.1. The normalized spacial score (nSPS) is 25.3. The molecular formula is C29H38N2O6. The van der Waals surface area contributed by atoms with Crippen molar-refractivity contribution >= 4 is 17.6 Å². The van der Waals surface area contributed by atoms with Crippen molar-refractivity contribution in [3.63, 3.8) is 0 Å². The second-order valence-electron chi connectivity index (χ2n) is 10.0. The Labute approximate surface area is 218 Å². The van der Waals surface area contributed by atoms with E-state index in [1.54, 1.807) is 6.07 Å². The third-order valence-electron chi connectivity index (χ3n) is 7.15. The summed E-state index contributed by atoms with van der Waals surface area (Å²) in [4.78, 5) is 26.1. The molecule has 5 atom stereocenters. The molecule has 0 bridgehead atoms. The lowest BCUT2D eigenvalue weighted by Crippen LogP contribution is -2.45. The molecule has 8 heteroatoms. The lowest BCUT2D eigenvalue weighted by molar-refractivity contribution is -0.276. The third kappa shape index (κ3) is 7.17. The van der Waals surface area contributed by atoms with Crippen LogP contribution in [-0.4, -0.2) is 53.7 Å². The maximum Gasteiger partial charge on any atom is 0.303 e. The lowest BCUT2D eigenvalue weighted by atomic mass is 9.89. The molecular weight excluding hydrogens is 472 g/mol. The zero-order valence-electron chi connectivity index (χ0n) is 21.9. The van der Waals surface area contributed by atoms with Crippen LogP contribution in [0.3, 0.4) is 0 Å². The van der Waals surface area contributed by atoms with E-state index in [-0.39, 0.29) is 24.7 Å². The van der Waals surface area contributed by atoms with E-state index in [1.807, 2.05) is 42.5 Å². The lowest BCUT2D eigenvalue weighted by Gasteiger charge is -2.43. The van der Waals surface area contributed by atoms with Gasteiger partial charge < -0.3 is 29.5 Å². The summed E-state index contributed by atoms with van der Waals surface area (Å²) in [5.41, 5.74) is 3.27. The molecule has 8 nitrogen and oxygen atoms in total. The van der Waals surface area contributed by atoms with Crippen LogP contribution in [0.15, 0.2) is 48.5 Å². The Morgan fingerprint density at radius 1 is 1.08 bits per heavy atom. The summed E-state index contributed by atoms with van der Waals surface area (Å²) in [6, 6.07) is 15.3.